The fourth-order valence-electron chi connectivity index (χ4n) is 2.09. The van der Waals surface area contributed by atoms with Gasteiger partial charge in [-0.2, -0.15) is 5.10 Å². The molecular weight excluding hydrogens is 278 g/mol. The first-order chi connectivity index (χ1) is 9.11. The van der Waals surface area contributed by atoms with Gasteiger partial charge >= 0.3 is 0 Å². The van der Waals surface area contributed by atoms with Crippen LogP contribution in [0.15, 0.2) is 17.5 Å². The highest BCUT2D eigenvalue weighted by Gasteiger charge is 2.13. The molecule has 104 valence electrons. The van der Waals surface area contributed by atoms with Crippen molar-refractivity contribution in [2.24, 2.45) is 7.05 Å². The Bertz CT molecular complexity index is 519. The summed E-state index contributed by atoms with van der Waals surface area (Å²) in [5.74, 6) is 0. The van der Waals surface area contributed by atoms with Gasteiger partial charge in [0.05, 0.1) is 16.4 Å². The van der Waals surface area contributed by atoms with E-state index < -0.39 is 0 Å². The van der Waals surface area contributed by atoms with E-state index in [1.54, 1.807) is 11.3 Å². The molecular formula is C14H20ClN3S. The summed E-state index contributed by atoms with van der Waals surface area (Å²) in [6, 6.07) is 4.70. The average Bonchev–Trinajstić information content (AvgIpc) is 2.96. The molecule has 5 heteroatoms. The molecule has 2 rings (SSSR count). The summed E-state index contributed by atoms with van der Waals surface area (Å²) in [5.41, 5.74) is 2.04. The van der Waals surface area contributed by atoms with Gasteiger partial charge in [-0.05, 0) is 31.2 Å². The van der Waals surface area contributed by atoms with Gasteiger partial charge in [-0.15, -0.1) is 11.3 Å². The molecule has 2 aromatic heterocycles. The maximum absolute atomic E-state index is 6.33. The van der Waals surface area contributed by atoms with E-state index in [9.17, 15) is 0 Å². The SMILES string of the molecule is CCc1nn(C)c(CNC(C)Cc2cccs2)c1Cl. The molecule has 0 aliphatic heterocycles. The molecule has 0 aliphatic rings. The van der Waals surface area contributed by atoms with Crippen molar-refractivity contribution < 1.29 is 0 Å². The maximum atomic E-state index is 6.33. The number of nitrogens with one attached hydrogen (secondary N) is 1. The predicted octanol–water partition coefficient (Wildman–Crippen LogP) is 3.42. The minimum Gasteiger partial charge on any atom is -0.308 e. The van der Waals surface area contributed by atoms with Gasteiger partial charge in [0.1, 0.15) is 0 Å². The second-order valence-electron chi connectivity index (χ2n) is 4.75. The van der Waals surface area contributed by atoms with Crippen molar-refractivity contribution in [1.29, 1.82) is 0 Å². The largest absolute Gasteiger partial charge is 0.308 e. The minimum atomic E-state index is 0.426. The summed E-state index contributed by atoms with van der Waals surface area (Å²) in [7, 11) is 1.95. The highest BCUT2D eigenvalue weighted by Crippen LogP contribution is 2.20. The van der Waals surface area contributed by atoms with Gasteiger partial charge in [0, 0.05) is 24.5 Å². The summed E-state index contributed by atoms with van der Waals surface area (Å²) in [6.45, 7) is 5.03. The van der Waals surface area contributed by atoms with E-state index in [0.29, 0.717) is 6.04 Å². The molecule has 2 aromatic rings. The van der Waals surface area contributed by atoms with Crippen molar-refractivity contribution in [2.75, 3.05) is 0 Å². The van der Waals surface area contributed by atoms with Gasteiger partial charge < -0.3 is 5.32 Å². The van der Waals surface area contributed by atoms with E-state index in [0.717, 1.165) is 35.8 Å². The van der Waals surface area contributed by atoms with E-state index in [2.05, 4.69) is 41.8 Å². The van der Waals surface area contributed by atoms with Crippen molar-refractivity contribution in [3.63, 3.8) is 0 Å². The van der Waals surface area contributed by atoms with Crippen LogP contribution in [-0.2, 0) is 26.4 Å². The molecule has 1 atom stereocenters. The van der Waals surface area contributed by atoms with Crippen molar-refractivity contribution in [3.05, 3.63) is 38.8 Å². The van der Waals surface area contributed by atoms with Crippen LogP contribution >= 0.6 is 22.9 Å². The van der Waals surface area contributed by atoms with Crippen LogP contribution in [0.5, 0.6) is 0 Å². The third-order valence-electron chi connectivity index (χ3n) is 3.21. The van der Waals surface area contributed by atoms with Crippen LogP contribution in [0.3, 0.4) is 0 Å². The Kier molecular flexibility index (Phi) is 5.02. The van der Waals surface area contributed by atoms with Crippen molar-refractivity contribution in [3.8, 4) is 0 Å². The number of nitrogens with zero attached hydrogens (tertiary/aromatic N) is 2. The van der Waals surface area contributed by atoms with Gasteiger partial charge in [0.15, 0.2) is 0 Å². The molecule has 3 nitrogen and oxygen atoms in total. The van der Waals surface area contributed by atoms with Crippen LogP contribution in [-0.4, -0.2) is 15.8 Å². The topological polar surface area (TPSA) is 29.9 Å². The Morgan fingerprint density at radius 1 is 1.53 bits per heavy atom. The fraction of sp³-hybridized carbons (Fsp3) is 0.500. The van der Waals surface area contributed by atoms with Gasteiger partial charge in [-0.1, -0.05) is 24.6 Å². The summed E-state index contributed by atoms with van der Waals surface area (Å²) < 4.78 is 1.88. The zero-order valence-electron chi connectivity index (χ0n) is 11.6. The lowest BCUT2D eigenvalue weighted by Crippen LogP contribution is -2.28. The quantitative estimate of drug-likeness (QED) is 0.885. The number of aryl methyl sites for hydroxylation is 2. The van der Waals surface area contributed by atoms with Crippen LogP contribution in [0.1, 0.15) is 30.1 Å². The number of hydrogen-bond acceptors (Lipinski definition) is 3. The highest BCUT2D eigenvalue weighted by molar-refractivity contribution is 7.09. The zero-order valence-corrected chi connectivity index (χ0v) is 13.2. The maximum Gasteiger partial charge on any atom is 0.0863 e. The fourth-order valence-corrected chi connectivity index (χ4v) is 3.28. The third-order valence-corrected chi connectivity index (χ3v) is 4.54. The summed E-state index contributed by atoms with van der Waals surface area (Å²) in [6.07, 6.45) is 1.92. The highest BCUT2D eigenvalue weighted by atomic mass is 35.5. The van der Waals surface area contributed by atoms with E-state index in [4.69, 9.17) is 11.6 Å². The summed E-state index contributed by atoms with van der Waals surface area (Å²) >= 11 is 8.14. The second kappa shape index (κ2) is 6.55. The van der Waals surface area contributed by atoms with Gasteiger partial charge in [0.2, 0.25) is 0 Å². The third kappa shape index (κ3) is 3.59. The smallest absolute Gasteiger partial charge is 0.0863 e. The predicted molar refractivity (Wildman–Crippen MR) is 81.9 cm³/mol. The molecule has 0 saturated carbocycles. The first-order valence-electron chi connectivity index (χ1n) is 6.57. The Morgan fingerprint density at radius 3 is 2.89 bits per heavy atom. The lowest BCUT2D eigenvalue weighted by Gasteiger charge is -2.13. The standard InChI is InChI=1S/C14H20ClN3S/c1-4-12-14(15)13(18(3)17-12)9-16-10(2)8-11-6-5-7-19-11/h5-7,10,16H,4,8-9H2,1-3H3. The molecule has 0 aliphatic carbocycles. The Labute approximate surface area is 123 Å². The molecule has 0 spiro atoms. The van der Waals surface area contributed by atoms with E-state index in [1.807, 2.05) is 11.7 Å². The van der Waals surface area contributed by atoms with Crippen molar-refractivity contribution in [2.45, 2.75) is 39.3 Å². The molecule has 0 fully saturated rings. The molecule has 0 radical (unpaired) electrons. The molecule has 1 unspecified atom stereocenters. The van der Waals surface area contributed by atoms with Crippen LogP contribution in [0, 0.1) is 0 Å². The van der Waals surface area contributed by atoms with Gasteiger partial charge in [-0.3, -0.25) is 4.68 Å². The number of hydrogen-bond donors (Lipinski definition) is 1. The Balaban J connectivity index is 1.93. The normalized spacial score (nSPS) is 12.8. The van der Waals surface area contributed by atoms with Gasteiger partial charge in [0.25, 0.3) is 0 Å². The molecule has 0 bridgehead atoms. The monoisotopic (exact) mass is 297 g/mol. The van der Waals surface area contributed by atoms with Gasteiger partial charge in [-0.25, -0.2) is 0 Å². The number of halogens is 1. The molecule has 2 heterocycles. The molecule has 0 aromatic carbocycles. The first-order valence-corrected chi connectivity index (χ1v) is 7.83. The number of rotatable bonds is 6. The van der Waals surface area contributed by atoms with Crippen LogP contribution < -0.4 is 5.32 Å². The van der Waals surface area contributed by atoms with E-state index in [1.165, 1.54) is 4.88 Å². The van der Waals surface area contributed by atoms with E-state index >= 15 is 0 Å². The van der Waals surface area contributed by atoms with Crippen LogP contribution in [0.2, 0.25) is 5.02 Å². The van der Waals surface area contributed by atoms with Crippen molar-refractivity contribution >= 4 is 22.9 Å². The minimum absolute atomic E-state index is 0.426. The lowest BCUT2D eigenvalue weighted by atomic mass is 10.2. The molecule has 1 N–H and O–H groups in total. The summed E-state index contributed by atoms with van der Waals surface area (Å²) in [5, 5.41) is 10.9. The molecule has 0 amide bonds. The Morgan fingerprint density at radius 2 is 2.32 bits per heavy atom. The second-order valence-corrected chi connectivity index (χ2v) is 6.16. The van der Waals surface area contributed by atoms with Crippen molar-refractivity contribution in [1.82, 2.24) is 15.1 Å². The first kappa shape index (κ1) is 14.6. The number of thiophene rings is 1. The lowest BCUT2D eigenvalue weighted by molar-refractivity contribution is 0.528. The Hall–Kier alpha value is -0.840. The average molecular weight is 298 g/mol. The molecule has 19 heavy (non-hydrogen) atoms. The van der Waals surface area contributed by atoms with Crippen LogP contribution in [0.25, 0.3) is 0 Å². The van der Waals surface area contributed by atoms with Crippen LogP contribution in [0.4, 0.5) is 0 Å². The summed E-state index contributed by atoms with van der Waals surface area (Å²) in [4.78, 5) is 1.41. The zero-order chi connectivity index (χ0) is 13.8. The molecule has 0 saturated heterocycles. The van der Waals surface area contributed by atoms with E-state index in [-0.39, 0.29) is 0 Å². The number of aromatic nitrogens is 2.